The second-order valence-electron chi connectivity index (χ2n) is 7.63. The van der Waals surface area contributed by atoms with E-state index >= 15 is 0 Å². The van der Waals surface area contributed by atoms with E-state index in [2.05, 4.69) is 39.9 Å². The van der Waals surface area contributed by atoms with Crippen LogP contribution in [0, 0.1) is 17.8 Å². The summed E-state index contributed by atoms with van der Waals surface area (Å²) in [4.78, 5) is 16.6. The van der Waals surface area contributed by atoms with Crippen molar-refractivity contribution in [3.63, 3.8) is 0 Å². The Labute approximate surface area is 146 Å². The van der Waals surface area contributed by atoms with Crippen molar-refractivity contribution in [1.29, 1.82) is 0 Å². The Morgan fingerprint density at radius 1 is 1.04 bits per heavy atom. The van der Waals surface area contributed by atoms with Gasteiger partial charge in [0, 0.05) is 36.1 Å². The van der Waals surface area contributed by atoms with Gasteiger partial charge in [0.25, 0.3) is 5.91 Å². The summed E-state index contributed by atoms with van der Waals surface area (Å²) in [5, 5.41) is 5.45. The molecule has 4 fully saturated rings. The largest absolute Gasteiger partial charge is 0.349 e. The number of piperidine rings is 3. The van der Waals surface area contributed by atoms with Gasteiger partial charge in [-0.3, -0.25) is 4.79 Å². The Morgan fingerprint density at radius 2 is 1.79 bits per heavy atom. The minimum Gasteiger partial charge on any atom is -0.349 e. The van der Waals surface area contributed by atoms with Crippen LogP contribution in [0.1, 0.15) is 23.2 Å². The van der Waals surface area contributed by atoms with Gasteiger partial charge in [0.05, 0.1) is 0 Å². The van der Waals surface area contributed by atoms with Gasteiger partial charge < -0.3 is 10.2 Å². The van der Waals surface area contributed by atoms with Crippen molar-refractivity contribution in [1.82, 2.24) is 10.2 Å². The Hall–Kier alpha value is -1.65. The molecule has 3 saturated heterocycles. The van der Waals surface area contributed by atoms with Gasteiger partial charge >= 0.3 is 0 Å². The maximum Gasteiger partial charge on any atom is 0.251 e. The van der Waals surface area contributed by atoms with E-state index in [0.29, 0.717) is 17.9 Å². The lowest BCUT2D eigenvalue weighted by Gasteiger charge is -2.55. The maximum absolute atomic E-state index is 12.7. The van der Waals surface area contributed by atoms with Crippen molar-refractivity contribution in [2.24, 2.45) is 17.8 Å². The molecule has 3 nitrogen and oxygen atoms in total. The Bertz CT molecular complexity index is 710. The van der Waals surface area contributed by atoms with Crippen LogP contribution >= 0.6 is 11.3 Å². The van der Waals surface area contributed by atoms with E-state index in [4.69, 9.17) is 0 Å². The normalized spacial score (nSPS) is 33.6. The zero-order valence-electron chi connectivity index (χ0n) is 13.7. The second-order valence-corrected chi connectivity index (χ2v) is 8.58. The number of hydrogen-bond donors (Lipinski definition) is 1. The van der Waals surface area contributed by atoms with Crippen molar-refractivity contribution >= 4 is 17.2 Å². The lowest BCUT2D eigenvalue weighted by molar-refractivity contribution is -0.0418. The third-order valence-corrected chi connectivity index (χ3v) is 6.96. The van der Waals surface area contributed by atoms with E-state index in [9.17, 15) is 4.79 Å². The molecule has 4 aliphatic rings. The standard InChI is InChI=1S/C20H22N2OS/c23-20(15-5-3-14(4-6-15)18-2-1-7-24-18)21-19-16-8-13-9-17(19)12-22(10-13)11-16/h1-7,13,16-17,19H,8-12H2,(H,21,23)/t13?,16-,17+,19?. The van der Waals surface area contributed by atoms with Gasteiger partial charge in [-0.1, -0.05) is 18.2 Å². The molecule has 124 valence electrons. The predicted molar refractivity (Wildman–Crippen MR) is 97.2 cm³/mol. The van der Waals surface area contributed by atoms with Crippen LogP contribution in [0.5, 0.6) is 0 Å². The van der Waals surface area contributed by atoms with E-state index in [0.717, 1.165) is 11.5 Å². The third-order valence-electron chi connectivity index (χ3n) is 6.04. The number of carbonyl (C=O) groups excluding carboxylic acids is 1. The van der Waals surface area contributed by atoms with Crippen LogP contribution in [0.2, 0.25) is 0 Å². The van der Waals surface area contributed by atoms with Crippen LogP contribution in [-0.2, 0) is 0 Å². The van der Waals surface area contributed by atoms with E-state index in [1.807, 2.05) is 12.1 Å². The highest BCUT2D eigenvalue weighted by Gasteiger charge is 2.47. The first-order chi connectivity index (χ1) is 11.8. The average Bonchev–Trinajstić information content (AvgIpc) is 3.12. The highest BCUT2D eigenvalue weighted by atomic mass is 32.1. The van der Waals surface area contributed by atoms with Crippen LogP contribution in [0.3, 0.4) is 0 Å². The van der Waals surface area contributed by atoms with E-state index in [1.165, 1.54) is 42.9 Å². The number of rotatable bonds is 3. The summed E-state index contributed by atoms with van der Waals surface area (Å²) >= 11 is 1.73. The molecule has 2 aromatic rings. The van der Waals surface area contributed by atoms with Crippen LogP contribution in [0.15, 0.2) is 41.8 Å². The minimum absolute atomic E-state index is 0.0974. The second kappa shape index (κ2) is 5.71. The van der Waals surface area contributed by atoms with Gasteiger partial charge in [0.1, 0.15) is 0 Å². The molecule has 6 rings (SSSR count). The molecule has 4 heteroatoms. The number of thiophene rings is 1. The first kappa shape index (κ1) is 14.7. The van der Waals surface area contributed by atoms with Crippen molar-refractivity contribution in [3.05, 3.63) is 47.3 Å². The lowest BCUT2D eigenvalue weighted by atomic mass is 9.65. The molecule has 1 aromatic carbocycles. The van der Waals surface area contributed by atoms with Crippen molar-refractivity contribution in [3.8, 4) is 10.4 Å². The first-order valence-electron chi connectivity index (χ1n) is 8.93. The highest BCUT2D eigenvalue weighted by molar-refractivity contribution is 7.13. The highest BCUT2D eigenvalue weighted by Crippen LogP contribution is 2.43. The summed E-state index contributed by atoms with van der Waals surface area (Å²) in [6, 6.07) is 12.6. The topological polar surface area (TPSA) is 32.3 Å². The van der Waals surface area contributed by atoms with Crippen molar-refractivity contribution in [2.45, 2.75) is 18.9 Å². The van der Waals surface area contributed by atoms with Crippen LogP contribution in [-0.4, -0.2) is 36.5 Å². The fourth-order valence-electron chi connectivity index (χ4n) is 5.11. The van der Waals surface area contributed by atoms with Crippen molar-refractivity contribution < 1.29 is 4.79 Å². The number of amides is 1. The molecule has 1 saturated carbocycles. The molecule has 3 aliphatic heterocycles. The van der Waals surface area contributed by atoms with Crippen molar-refractivity contribution in [2.75, 3.05) is 19.6 Å². The number of carbonyl (C=O) groups is 1. The number of nitrogens with one attached hydrogen (secondary N) is 1. The fraction of sp³-hybridized carbons (Fsp3) is 0.450. The number of benzene rings is 1. The molecule has 4 heterocycles. The molecule has 4 bridgehead atoms. The van der Waals surface area contributed by atoms with Crippen LogP contribution < -0.4 is 5.32 Å². The lowest BCUT2D eigenvalue weighted by Crippen LogP contribution is -2.64. The van der Waals surface area contributed by atoms with E-state index in [-0.39, 0.29) is 5.91 Å². The van der Waals surface area contributed by atoms with Gasteiger partial charge in [-0.2, -0.15) is 0 Å². The fourth-order valence-corrected chi connectivity index (χ4v) is 5.84. The molecule has 1 amide bonds. The summed E-state index contributed by atoms with van der Waals surface area (Å²) in [6.07, 6.45) is 2.60. The summed E-state index contributed by atoms with van der Waals surface area (Å²) in [5.41, 5.74) is 1.97. The van der Waals surface area contributed by atoms with Gasteiger partial charge in [-0.15, -0.1) is 11.3 Å². The molecule has 1 aliphatic carbocycles. The van der Waals surface area contributed by atoms with Gasteiger partial charge in [-0.05, 0) is 59.7 Å². The van der Waals surface area contributed by atoms with Gasteiger partial charge in [-0.25, -0.2) is 0 Å². The zero-order chi connectivity index (χ0) is 16.1. The summed E-state index contributed by atoms with van der Waals surface area (Å²) in [5.74, 6) is 2.29. The molecular weight excluding hydrogens is 316 g/mol. The monoisotopic (exact) mass is 338 g/mol. The molecule has 0 spiro atoms. The molecule has 3 unspecified atom stereocenters. The smallest absolute Gasteiger partial charge is 0.251 e. The zero-order valence-corrected chi connectivity index (χ0v) is 14.5. The minimum atomic E-state index is 0.0974. The van der Waals surface area contributed by atoms with Gasteiger partial charge in [0.2, 0.25) is 0 Å². The summed E-state index contributed by atoms with van der Waals surface area (Å²) in [7, 11) is 0. The molecule has 1 N–H and O–H groups in total. The molecular formula is C20H22N2OS. The van der Waals surface area contributed by atoms with Crippen LogP contribution in [0.25, 0.3) is 10.4 Å². The Balaban J connectivity index is 1.30. The predicted octanol–water partition coefficient (Wildman–Crippen LogP) is 3.49. The SMILES string of the molecule is O=C(NC1[C@@H]2CC3C[C@H]1CN(C3)C2)c1ccc(-c2cccs2)cc1. The first-order valence-corrected chi connectivity index (χ1v) is 9.81. The number of nitrogens with zero attached hydrogens (tertiary/aromatic N) is 1. The van der Waals surface area contributed by atoms with Crippen LogP contribution in [0.4, 0.5) is 0 Å². The van der Waals surface area contributed by atoms with E-state index < -0.39 is 0 Å². The molecule has 5 atom stereocenters. The third kappa shape index (κ3) is 2.49. The molecule has 24 heavy (non-hydrogen) atoms. The quantitative estimate of drug-likeness (QED) is 0.929. The van der Waals surface area contributed by atoms with Gasteiger partial charge in [0.15, 0.2) is 0 Å². The Morgan fingerprint density at radius 3 is 2.42 bits per heavy atom. The maximum atomic E-state index is 12.7. The summed E-state index contributed by atoms with van der Waals surface area (Å²) in [6.45, 7) is 3.64. The van der Waals surface area contributed by atoms with E-state index in [1.54, 1.807) is 11.3 Å². The molecule has 0 radical (unpaired) electrons. The number of hydrogen-bond acceptors (Lipinski definition) is 3. The average molecular weight is 338 g/mol. The molecule has 1 aromatic heterocycles. The summed E-state index contributed by atoms with van der Waals surface area (Å²) < 4.78 is 0. The Kier molecular flexibility index (Phi) is 3.49.